The fourth-order valence-corrected chi connectivity index (χ4v) is 2.14. The number of carboxylic acid groups (broad SMARTS) is 1. The number of carboxylic acids is 1. The molecule has 0 aliphatic rings. The summed E-state index contributed by atoms with van der Waals surface area (Å²) in [5.74, 6) is 0.0956. The lowest BCUT2D eigenvalue weighted by molar-refractivity contribution is 0.0696. The van der Waals surface area contributed by atoms with Gasteiger partial charge in [-0.05, 0) is 30.5 Å². The molecule has 1 N–H and O–H groups in total. The highest BCUT2D eigenvalue weighted by molar-refractivity contribution is 5.89. The molecule has 0 bridgehead atoms. The summed E-state index contributed by atoms with van der Waals surface area (Å²) in [6.45, 7) is 4.87. The Balaban J connectivity index is 2.26. The highest BCUT2D eigenvalue weighted by Gasteiger charge is 2.09. The summed E-state index contributed by atoms with van der Waals surface area (Å²) in [5, 5.41) is 9.13. The van der Waals surface area contributed by atoms with Crippen LogP contribution in [-0.2, 0) is 13.0 Å². The zero-order chi connectivity index (χ0) is 13.8. The molecule has 0 spiro atoms. The first-order valence-electron chi connectivity index (χ1n) is 6.44. The maximum Gasteiger partial charge on any atom is 0.335 e. The van der Waals surface area contributed by atoms with Gasteiger partial charge in [-0.3, -0.25) is 0 Å². The molecule has 0 aliphatic heterocycles. The molecule has 0 radical (unpaired) electrons. The van der Waals surface area contributed by atoms with E-state index in [1.807, 2.05) is 25.3 Å². The minimum Gasteiger partial charge on any atom is -0.478 e. The fraction of sp³-hybridized carbons (Fsp3) is 0.333. The molecule has 1 aromatic heterocycles. The van der Waals surface area contributed by atoms with E-state index in [-0.39, 0.29) is 0 Å². The van der Waals surface area contributed by atoms with E-state index in [2.05, 4.69) is 16.5 Å². The van der Waals surface area contributed by atoms with Crippen molar-refractivity contribution in [1.82, 2.24) is 9.55 Å². The van der Waals surface area contributed by atoms with Crippen molar-refractivity contribution in [3.8, 4) is 0 Å². The minimum absolute atomic E-state index is 0.367. The van der Waals surface area contributed by atoms with Gasteiger partial charge in [0.15, 0.2) is 0 Å². The number of aromatic carboxylic acids is 1. The van der Waals surface area contributed by atoms with E-state index in [9.17, 15) is 4.79 Å². The first kappa shape index (κ1) is 13.3. The highest BCUT2D eigenvalue weighted by Crippen LogP contribution is 2.14. The monoisotopic (exact) mass is 258 g/mol. The second-order valence-corrected chi connectivity index (χ2v) is 4.67. The average Bonchev–Trinajstić information content (AvgIpc) is 2.79. The molecule has 19 heavy (non-hydrogen) atoms. The Morgan fingerprint density at radius 2 is 2.21 bits per heavy atom. The molecule has 4 heteroatoms. The van der Waals surface area contributed by atoms with E-state index >= 15 is 0 Å². The average molecular weight is 258 g/mol. The van der Waals surface area contributed by atoms with Crippen molar-refractivity contribution in [2.45, 2.75) is 33.2 Å². The molecule has 2 aromatic rings. The van der Waals surface area contributed by atoms with Crippen LogP contribution in [0.1, 0.15) is 40.7 Å². The van der Waals surface area contributed by atoms with Crippen molar-refractivity contribution in [2.24, 2.45) is 0 Å². The van der Waals surface area contributed by atoms with Crippen LogP contribution in [0, 0.1) is 6.92 Å². The lowest BCUT2D eigenvalue weighted by atomic mass is 10.0. The molecule has 0 saturated heterocycles. The molecule has 4 nitrogen and oxygen atoms in total. The van der Waals surface area contributed by atoms with Gasteiger partial charge in [0.25, 0.3) is 0 Å². The fourth-order valence-electron chi connectivity index (χ4n) is 2.14. The Hall–Kier alpha value is -2.10. The number of hydrogen-bond acceptors (Lipinski definition) is 2. The normalized spacial score (nSPS) is 10.6. The number of rotatable bonds is 5. The standard InChI is InChI=1S/C15H18N2O2/c1-3-7-17-8-6-16-14(17)10-12-5-4-11(2)13(9-12)15(18)19/h4-6,8-9H,3,7,10H2,1-2H3,(H,18,19). The third-order valence-corrected chi connectivity index (χ3v) is 3.16. The molecule has 0 fully saturated rings. The van der Waals surface area contributed by atoms with Gasteiger partial charge < -0.3 is 9.67 Å². The van der Waals surface area contributed by atoms with Crippen LogP contribution in [0.5, 0.6) is 0 Å². The molecule has 2 rings (SSSR count). The van der Waals surface area contributed by atoms with Crippen molar-refractivity contribution in [1.29, 1.82) is 0 Å². The summed E-state index contributed by atoms with van der Waals surface area (Å²) in [7, 11) is 0. The third-order valence-electron chi connectivity index (χ3n) is 3.16. The number of aromatic nitrogens is 2. The van der Waals surface area contributed by atoms with Gasteiger partial charge in [-0.2, -0.15) is 0 Å². The first-order chi connectivity index (χ1) is 9.11. The Morgan fingerprint density at radius 1 is 1.42 bits per heavy atom. The van der Waals surface area contributed by atoms with Gasteiger partial charge in [-0.25, -0.2) is 9.78 Å². The molecule has 1 heterocycles. The van der Waals surface area contributed by atoms with Crippen LogP contribution in [0.4, 0.5) is 0 Å². The van der Waals surface area contributed by atoms with Gasteiger partial charge in [-0.1, -0.05) is 19.1 Å². The summed E-state index contributed by atoms with van der Waals surface area (Å²) < 4.78 is 2.11. The van der Waals surface area contributed by atoms with Crippen LogP contribution in [-0.4, -0.2) is 20.6 Å². The predicted molar refractivity (Wildman–Crippen MR) is 73.5 cm³/mol. The minimum atomic E-state index is -0.878. The quantitative estimate of drug-likeness (QED) is 0.897. The van der Waals surface area contributed by atoms with Crippen LogP contribution in [0.15, 0.2) is 30.6 Å². The van der Waals surface area contributed by atoms with Crippen LogP contribution >= 0.6 is 0 Å². The Bertz CT molecular complexity index is 588. The third kappa shape index (κ3) is 3.02. The first-order valence-corrected chi connectivity index (χ1v) is 6.44. The molecule has 0 amide bonds. The number of nitrogens with zero attached hydrogens (tertiary/aromatic N) is 2. The van der Waals surface area contributed by atoms with Crippen molar-refractivity contribution >= 4 is 5.97 Å². The van der Waals surface area contributed by atoms with E-state index in [0.29, 0.717) is 12.0 Å². The van der Waals surface area contributed by atoms with Gasteiger partial charge in [0.05, 0.1) is 5.56 Å². The number of carbonyl (C=O) groups is 1. The second-order valence-electron chi connectivity index (χ2n) is 4.67. The number of imidazole rings is 1. The maximum absolute atomic E-state index is 11.1. The van der Waals surface area contributed by atoms with Crippen molar-refractivity contribution in [3.63, 3.8) is 0 Å². The van der Waals surface area contributed by atoms with Gasteiger partial charge in [0.1, 0.15) is 5.82 Å². The lowest BCUT2D eigenvalue weighted by Crippen LogP contribution is -2.05. The van der Waals surface area contributed by atoms with Crippen LogP contribution in [0.3, 0.4) is 0 Å². The summed E-state index contributed by atoms with van der Waals surface area (Å²) in [6, 6.07) is 5.56. The van der Waals surface area contributed by atoms with Crippen LogP contribution < -0.4 is 0 Å². The molecule has 1 aromatic carbocycles. The molecule has 0 unspecified atom stereocenters. The largest absolute Gasteiger partial charge is 0.478 e. The zero-order valence-corrected chi connectivity index (χ0v) is 11.3. The Kier molecular flexibility index (Phi) is 4.00. The smallest absolute Gasteiger partial charge is 0.335 e. The molecule has 100 valence electrons. The summed E-state index contributed by atoms with van der Waals surface area (Å²) in [6.07, 6.45) is 5.47. The van der Waals surface area contributed by atoms with Crippen LogP contribution in [0.2, 0.25) is 0 Å². The van der Waals surface area contributed by atoms with Crippen LogP contribution in [0.25, 0.3) is 0 Å². The molecule has 0 aliphatic carbocycles. The van der Waals surface area contributed by atoms with E-state index in [0.717, 1.165) is 29.9 Å². The summed E-state index contributed by atoms with van der Waals surface area (Å²) in [4.78, 5) is 15.5. The maximum atomic E-state index is 11.1. The molecule has 0 atom stereocenters. The van der Waals surface area contributed by atoms with Gasteiger partial charge >= 0.3 is 5.97 Å². The van der Waals surface area contributed by atoms with E-state index < -0.39 is 5.97 Å². The number of aryl methyl sites for hydroxylation is 2. The van der Waals surface area contributed by atoms with Crippen molar-refractivity contribution < 1.29 is 9.90 Å². The summed E-state index contributed by atoms with van der Waals surface area (Å²) >= 11 is 0. The SMILES string of the molecule is CCCn1ccnc1Cc1ccc(C)c(C(=O)O)c1. The topological polar surface area (TPSA) is 55.1 Å². The van der Waals surface area contributed by atoms with E-state index in [1.54, 1.807) is 12.3 Å². The molecular weight excluding hydrogens is 240 g/mol. The van der Waals surface area contributed by atoms with Crippen molar-refractivity contribution in [3.05, 3.63) is 53.1 Å². The summed E-state index contributed by atoms with van der Waals surface area (Å²) in [5.41, 5.74) is 2.13. The van der Waals surface area contributed by atoms with Gasteiger partial charge in [0.2, 0.25) is 0 Å². The van der Waals surface area contributed by atoms with E-state index in [1.165, 1.54) is 0 Å². The molecule has 0 saturated carbocycles. The Labute approximate surface area is 112 Å². The van der Waals surface area contributed by atoms with Gasteiger partial charge in [-0.15, -0.1) is 0 Å². The van der Waals surface area contributed by atoms with Crippen molar-refractivity contribution in [2.75, 3.05) is 0 Å². The highest BCUT2D eigenvalue weighted by atomic mass is 16.4. The van der Waals surface area contributed by atoms with E-state index in [4.69, 9.17) is 5.11 Å². The number of benzene rings is 1. The number of hydrogen-bond donors (Lipinski definition) is 1. The lowest BCUT2D eigenvalue weighted by Gasteiger charge is -2.08. The Morgan fingerprint density at radius 3 is 2.89 bits per heavy atom. The zero-order valence-electron chi connectivity index (χ0n) is 11.3. The molecular formula is C15H18N2O2. The second kappa shape index (κ2) is 5.69. The predicted octanol–water partition coefficient (Wildman–Crippen LogP) is 2.89. The van der Waals surface area contributed by atoms with Gasteiger partial charge in [0, 0.05) is 25.4 Å².